The largest absolute Gasteiger partial charge is 0.348 e. The van der Waals surface area contributed by atoms with Crippen LogP contribution in [-0.4, -0.2) is 19.0 Å². The normalized spacial score (nSPS) is 12.2. The van der Waals surface area contributed by atoms with Gasteiger partial charge in [-0.05, 0) is 31.2 Å². The zero-order valence-electron chi connectivity index (χ0n) is 9.59. The van der Waals surface area contributed by atoms with Crippen LogP contribution in [0.15, 0.2) is 28.7 Å². The number of benzene rings is 1. The second-order valence-corrected chi connectivity index (χ2v) is 4.54. The SMILES string of the molecule is CCNCC(=O)N[C@H](C)c1cccc(Br)c1. The lowest BCUT2D eigenvalue weighted by molar-refractivity contribution is -0.120. The van der Waals surface area contributed by atoms with Gasteiger partial charge in [-0.2, -0.15) is 0 Å². The molecule has 0 aliphatic heterocycles. The van der Waals surface area contributed by atoms with E-state index in [9.17, 15) is 4.79 Å². The highest BCUT2D eigenvalue weighted by Crippen LogP contribution is 2.17. The average Bonchev–Trinajstić information content (AvgIpc) is 2.26. The van der Waals surface area contributed by atoms with Crippen molar-refractivity contribution < 1.29 is 4.79 Å². The molecule has 16 heavy (non-hydrogen) atoms. The van der Waals surface area contributed by atoms with Crippen molar-refractivity contribution in [3.63, 3.8) is 0 Å². The minimum absolute atomic E-state index is 0.0225. The number of amides is 1. The molecule has 1 atom stereocenters. The number of hydrogen-bond donors (Lipinski definition) is 2. The Balaban J connectivity index is 2.52. The van der Waals surface area contributed by atoms with E-state index in [-0.39, 0.29) is 11.9 Å². The van der Waals surface area contributed by atoms with E-state index in [0.29, 0.717) is 6.54 Å². The first-order chi connectivity index (χ1) is 7.63. The van der Waals surface area contributed by atoms with Crippen molar-refractivity contribution in [2.45, 2.75) is 19.9 Å². The summed E-state index contributed by atoms with van der Waals surface area (Å²) in [5.74, 6) is 0.0225. The van der Waals surface area contributed by atoms with Crippen LogP contribution >= 0.6 is 15.9 Å². The molecule has 0 heterocycles. The predicted octanol–water partition coefficient (Wildman–Crippen LogP) is 2.24. The minimum atomic E-state index is 0.0225. The van der Waals surface area contributed by atoms with Gasteiger partial charge in [0.15, 0.2) is 0 Å². The van der Waals surface area contributed by atoms with Crippen molar-refractivity contribution in [1.29, 1.82) is 0 Å². The van der Waals surface area contributed by atoms with Gasteiger partial charge in [-0.25, -0.2) is 0 Å². The molecule has 1 aromatic carbocycles. The summed E-state index contributed by atoms with van der Waals surface area (Å²) >= 11 is 3.41. The molecular weight excluding hydrogens is 268 g/mol. The lowest BCUT2D eigenvalue weighted by atomic mass is 10.1. The average molecular weight is 285 g/mol. The van der Waals surface area contributed by atoms with Crippen molar-refractivity contribution in [3.8, 4) is 0 Å². The van der Waals surface area contributed by atoms with Gasteiger partial charge in [0, 0.05) is 4.47 Å². The molecule has 0 spiro atoms. The van der Waals surface area contributed by atoms with Crippen LogP contribution in [0.25, 0.3) is 0 Å². The molecule has 1 amide bonds. The van der Waals surface area contributed by atoms with E-state index in [0.717, 1.165) is 16.6 Å². The Morgan fingerprint density at radius 1 is 1.50 bits per heavy atom. The van der Waals surface area contributed by atoms with Crippen LogP contribution in [0.1, 0.15) is 25.5 Å². The quantitative estimate of drug-likeness (QED) is 0.871. The summed E-state index contributed by atoms with van der Waals surface area (Å²) in [5.41, 5.74) is 1.10. The van der Waals surface area contributed by atoms with Gasteiger partial charge in [-0.3, -0.25) is 4.79 Å². The molecule has 0 unspecified atom stereocenters. The Bertz CT molecular complexity index is 355. The summed E-state index contributed by atoms with van der Waals surface area (Å²) in [6, 6.07) is 7.98. The molecule has 0 radical (unpaired) electrons. The maximum absolute atomic E-state index is 11.5. The second kappa shape index (κ2) is 6.66. The molecule has 0 bridgehead atoms. The first kappa shape index (κ1) is 13.2. The highest BCUT2D eigenvalue weighted by atomic mass is 79.9. The Morgan fingerprint density at radius 2 is 2.25 bits per heavy atom. The Hall–Kier alpha value is -0.870. The van der Waals surface area contributed by atoms with Crippen molar-refractivity contribution in [3.05, 3.63) is 34.3 Å². The molecule has 0 aliphatic rings. The molecule has 0 saturated carbocycles. The lowest BCUT2D eigenvalue weighted by Gasteiger charge is -2.14. The van der Waals surface area contributed by atoms with Gasteiger partial charge < -0.3 is 10.6 Å². The van der Waals surface area contributed by atoms with Crippen LogP contribution in [0.5, 0.6) is 0 Å². The fourth-order valence-corrected chi connectivity index (χ4v) is 1.81. The molecule has 3 nitrogen and oxygen atoms in total. The molecule has 0 fully saturated rings. The topological polar surface area (TPSA) is 41.1 Å². The van der Waals surface area contributed by atoms with Crippen LogP contribution in [-0.2, 0) is 4.79 Å². The van der Waals surface area contributed by atoms with Crippen molar-refractivity contribution in [1.82, 2.24) is 10.6 Å². The highest BCUT2D eigenvalue weighted by molar-refractivity contribution is 9.10. The van der Waals surface area contributed by atoms with Crippen LogP contribution in [0.4, 0.5) is 0 Å². The summed E-state index contributed by atoms with van der Waals surface area (Å²) in [5, 5.41) is 5.93. The third-order valence-corrected chi connectivity index (χ3v) is 2.75. The zero-order chi connectivity index (χ0) is 12.0. The molecular formula is C12H17BrN2O. The number of hydrogen-bond acceptors (Lipinski definition) is 2. The van der Waals surface area contributed by atoms with E-state index < -0.39 is 0 Å². The zero-order valence-corrected chi connectivity index (χ0v) is 11.2. The first-order valence-electron chi connectivity index (χ1n) is 5.39. The molecule has 0 aromatic heterocycles. The molecule has 88 valence electrons. The number of likely N-dealkylation sites (N-methyl/N-ethyl adjacent to an activating group) is 1. The standard InChI is InChI=1S/C12H17BrN2O/c1-3-14-8-12(16)15-9(2)10-5-4-6-11(13)7-10/h4-7,9,14H,3,8H2,1-2H3,(H,15,16)/t9-/m1/s1. The Kier molecular flexibility index (Phi) is 5.49. The van der Waals surface area contributed by atoms with E-state index in [1.54, 1.807) is 0 Å². The number of rotatable bonds is 5. The lowest BCUT2D eigenvalue weighted by Crippen LogP contribution is -2.35. The first-order valence-corrected chi connectivity index (χ1v) is 6.18. The summed E-state index contributed by atoms with van der Waals surface area (Å²) < 4.78 is 1.03. The van der Waals surface area contributed by atoms with Crippen molar-refractivity contribution in [2.75, 3.05) is 13.1 Å². The van der Waals surface area contributed by atoms with Gasteiger partial charge >= 0.3 is 0 Å². The monoisotopic (exact) mass is 284 g/mol. The van der Waals surface area contributed by atoms with E-state index in [1.165, 1.54) is 0 Å². The molecule has 0 saturated heterocycles. The number of carbonyl (C=O) groups excluding carboxylic acids is 1. The molecule has 2 N–H and O–H groups in total. The molecule has 4 heteroatoms. The van der Waals surface area contributed by atoms with Crippen LogP contribution in [0.2, 0.25) is 0 Å². The van der Waals surface area contributed by atoms with E-state index in [4.69, 9.17) is 0 Å². The van der Waals surface area contributed by atoms with Gasteiger partial charge in [-0.15, -0.1) is 0 Å². The Labute approximate surface area is 105 Å². The van der Waals surface area contributed by atoms with E-state index >= 15 is 0 Å². The second-order valence-electron chi connectivity index (χ2n) is 3.62. The van der Waals surface area contributed by atoms with Gasteiger partial charge in [0.05, 0.1) is 12.6 Å². The fourth-order valence-electron chi connectivity index (χ4n) is 1.39. The van der Waals surface area contributed by atoms with Gasteiger partial charge in [0.25, 0.3) is 0 Å². The minimum Gasteiger partial charge on any atom is -0.348 e. The smallest absolute Gasteiger partial charge is 0.234 e. The number of halogens is 1. The highest BCUT2D eigenvalue weighted by Gasteiger charge is 2.08. The number of nitrogens with one attached hydrogen (secondary N) is 2. The molecule has 1 aromatic rings. The van der Waals surface area contributed by atoms with Crippen LogP contribution < -0.4 is 10.6 Å². The van der Waals surface area contributed by atoms with Crippen molar-refractivity contribution in [2.24, 2.45) is 0 Å². The third-order valence-electron chi connectivity index (χ3n) is 2.26. The summed E-state index contributed by atoms with van der Waals surface area (Å²) in [4.78, 5) is 11.5. The van der Waals surface area contributed by atoms with Gasteiger partial charge in [-0.1, -0.05) is 35.0 Å². The van der Waals surface area contributed by atoms with Gasteiger partial charge in [0.1, 0.15) is 0 Å². The maximum Gasteiger partial charge on any atom is 0.234 e. The molecule has 1 rings (SSSR count). The fraction of sp³-hybridized carbons (Fsp3) is 0.417. The number of carbonyl (C=O) groups is 1. The summed E-state index contributed by atoms with van der Waals surface area (Å²) in [6.45, 7) is 5.13. The van der Waals surface area contributed by atoms with Crippen LogP contribution in [0, 0.1) is 0 Å². The van der Waals surface area contributed by atoms with E-state index in [1.807, 2.05) is 38.1 Å². The summed E-state index contributed by atoms with van der Waals surface area (Å²) in [7, 11) is 0. The van der Waals surface area contributed by atoms with Gasteiger partial charge in [0.2, 0.25) is 5.91 Å². The van der Waals surface area contributed by atoms with Crippen LogP contribution in [0.3, 0.4) is 0 Å². The summed E-state index contributed by atoms with van der Waals surface area (Å²) in [6.07, 6.45) is 0. The van der Waals surface area contributed by atoms with E-state index in [2.05, 4.69) is 26.6 Å². The maximum atomic E-state index is 11.5. The third kappa shape index (κ3) is 4.33. The molecule has 0 aliphatic carbocycles. The predicted molar refractivity (Wildman–Crippen MR) is 69.2 cm³/mol. The Morgan fingerprint density at radius 3 is 2.88 bits per heavy atom. The van der Waals surface area contributed by atoms with Crippen molar-refractivity contribution >= 4 is 21.8 Å².